The fourth-order valence-corrected chi connectivity index (χ4v) is 11.5. The van der Waals surface area contributed by atoms with Crippen molar-refractivity contribution in [1.82, 2.24) is 5.48 Å². The molecule has 0 aliphatic heterocycles. The number of anilines is 1. The lowest BCUT2D eigenvalue weighted by atomic mass is 9.88. The van der Waals surface area contributed by atoms with E-state index in [0.717, 1.165) is 6.08 Å². The van der Waals surface area contributed by atoms with Crippen LogP contribution in [0.4, 0.5) is 85.1 Å². The smallest absolute Gasteiger partial charge is 0.460 e. The summed E-state index contributed by atoms with van der Waals surface area (Å²) in [5.41, 5.74) is 1.04. The molecule has 2 aromatic carbocycles. The second-order valence-corrected chi connectivity index (χ2v) is 21.7. The van der Waals surface area contributed by atoms with E-state index < -0.39 is 111 Å². The summed E-state index contributed by atoms with van der Waals surface area (Å²) in [5, 5.41) is 11.3. The number of hydrogen-bond acceptors (Lipinski definition) is 7. The maximum absolute atomic E-state index is 15.0. The van der Waals surface area contributed by atoms with Crippen LogP contribution in [0.15, 0.2) is 72.3 Å². The van der Waals surface area contributed by atoms with Crippen LogP contribution >= 0.6 is 0 Å². The van der Waals surface area contributed by atoms with E-state index in [1.807, 2.05) is 0 Å². The molecule has 0 spiro atoms. The van der Waals surface area contributed by atoms with Crippen molar-refractivity contribution < 1.29 is 108 Å². The quantitative estimate of drug-likeness (QED) is 0.0163. The van der Waals surface area contributed by atoms with Gasteiger partial charge in [-0.05, 0) is 90.3 Å². The second kappa shape index (κ2) is 23.2. The predicted octanol–water partition coefficient (Wildman–Crippen LogP) is 14.0. The Bertz CT molecular complexity index is 2080. The summed E-state index contributed by atoms with van der Waals surface area (Å²) in [4.78, 5) is 24.4. The van der Waals surface area contributed by atoms with Gasteiger partial charge in [-0.15, -0.1) is 0 Å². The maximum Gasteiger partial charge on any atom is 0.460 e. The van der Waals surface area contributed by atoms with Crippen LogP contribution in [0.25, 0.3) is 0 Å². The Kier molecular flexibility index (Phi) is 20.3. The fraction of sp³-hybridized carbons (Fsp3) is 0.581. The van der Waals surface area contributed by atoms with Crippen molar-refractivity contribution in [3.8, 4) is 11.5 Å². The van der Waals surface area contributed by atoms with Crippen molar-refractivity contribution in [3.63, 3.8) is 0 Å². The summed E-state index contributed by atoms with van der Waals surface area (Å²) in [5.74, 6) is -57.3. The highest BCUT2D eigenvalue weighted by atomic mass is 28.4. The second-order valence-electron chi connectivity index (χ2n) is 16.7. The lowest BCUT2D eigenvalue weighted by Crippen LogP contribution is -2.74. The number of nitrogens with one attached hydrogen (secondary N) is 2. The summed E-state index contributed by atoms with van der Waals surface area (Å²) < 4.78 is 259. The first-order chi connectivity index (χ1) is 31.8. The summed E-state index contributed by atoms with van der Waals surface area (Å²) in [6.07, 6.45) is -6.74. The Balaban J connectivity index is 2.30. The summed E-state index contributed by atoms with van der Waals surface area (Å²) in [6.45, 7) is 7.72. The number of carbonyl (C=O) groups is 2. The van der Waals surface area contributed by atoms with Gasteiger partial charge in [0.2, 0.25) is 0 Å². The molecule has 398 valence electrons. The van der Waals surface area contributed by atoms with Crippen LogP contribution < -0.4 is 20.3 Å². The number of hydroxylamine groups is 1. The van der Waals surface area contributed by atoms with E-state index in [1.54, 1.807) is 50.3 Å². The predicted molar refractivity (Wildman–Crippen MR) is 221 cm³/mol. The molecule has 0 heterocycles. The Morgan fingerprint density at radius 1 is 0.686 bits per heavy atom. The van der Waals surface area contributed by atoms with E-state index >= 15 is 8.78 Å². The molecule has 0 aromatic heterocycles. The average molecular weight is 1060 g/mol. The fourth-order valence-electron chi connectivity index (χ4n) is 7.02. The Morgan fingerprint density at radius 2 is 1.17 bits per heavy atom. The van der Waals surface area contributed by atoms with Crippen molar-refractivity contribution in [2.75, 3.05) is 25.6 Å². The normalized spacial score (nSPS) is 15.0. The largest absolute Gasteiger partial charge is 0.497 e. The van der Waals surface area contributed by atoms with Crippen LogP contribution in [0.5, 0.6) is 11.5 Å². The molecule has 0 saturated carbocycles. The van der Waals surface area contributed by atoms with Crippen LogP contribution in [-0.2, 0) is 14.0 Å². The van der Waals surface area contributed by atoms with Crippen LogP contribution in [0.1, 0.15) is 72.5 Å². The van der Waals surface area contributed by atoms with E-state index in [2.05, 4.69) is 5.32 Å². The van der Waals surface area contributed by atoms with E-state index in [0.29, 0.717) is 35.4 Å². The molecule has 9 nitrogen and oxygen atoms in total. The number of hydrogen-bond donors (Lipinski definition) is 3. The standard InChI is InChI=1S/C43H51F17N2O7Si/c1-25(2)70(26(3)4,23-20-36(44,45)37(46,47)38(48,49)39(50,51)40(52,53)41(54,55)42(56,57)43(58,59)60)68-22-21-67-32-16-12-29(13-17-32)34(28(6)11-9-8-10-27(5)24-33(63)62-65)69-35(64)61-30-14-18-31(66-7)19-15-30/h8,10,12-19,24-26,28,34,65H,9,11,20-23H2,1-7H3,(H,61,64)(H,62,63)/b10-8+,27-24+/t28-,34-/m0/s1. The first kappa shape index (κ1) is 61.3. The number of halogens is 17. The van der Waals surface area contributed by atoms with Gasteiger partial charge in [0.1, 0.15) is 24.2 Å². The molecular weight excluding hydrogens is 1010 g/mol. The highest BCUT2D eigenvalue weighted by Crippen LogP contribution is 2.64. The summed E-state index contributed by atoms with van der Waals surface area (Å²) in [7, 11) is -2.57. The van der Waals surface area contributed by atoms with E-state index in [1.165, 1.54) is 64.6 Å². The number of alkyl halides is 17. The third-order valence-electron chi connectivity index (χ3n) is 11.2. The van der Waals surface area contributed by atoms with Crippen LogP contribution in [0, 0.1) is 5.92 Å². The monoisotopic (exact) mass is 1060 g/mol. The molecule has 0 aliphatic carbocycles. The topological polar surface area (TPSA) is 115 Å². The van der Waals surface area contributed by atoms with Gasteiger partial charge >= 0.3 is 53.7 Å². The maximum atomic E-state index is 15.0. The van der Waals surface area contributed by atoms with Gasteiger partial charge in [-0.2, -0.15) is 74.6 Å². The van der Waals surface area contributed by atoms with Crippen molar-refractivity contribution in [2.24, 2.45) is 5.92 Å². The zero-order valence-electron chi connectivity index (χ0n) is 38.2. The molecule has 0 aliphatic rings. The van der Waals surface area contributed by atoms with Crippen molar-refractivity contribution in [2.45, 2.75) is 132 Å². The zero-order valence-corrected chi connectivity index (χ0v) is 39.2. The van der Waals surface area contributed by atoms with E-state index in [-0.39, 0.29) is 11.7 Å². The van der Waals surface area contributed by atoms with Crippen LogP contribution in [-0.4, -0.2) is 93.5 Å². The molecular formula is C43H51F17N2O7Si. The molecule has 0 bridgehead atoms. The van der Waals surface area contributed by atoms with Gasteiger partial charge < -0.3 is 18.6 Å². The third-order valence-corrected chi connectivity index (χ3v) is 16.9. The minimum absolute atomic E-state index is 0.129. The van der Waals surface area contributed by atoms with E-state index in [4.69, 9.17) is 23.8 Å². The molecule has 0 saturated heterocycles. The molecule has 2 amide bonds. The number of carbonyl (C=O) groups excluding carboxylic acids is 2. The van der Waals surface area contributed by atoms with Gasteiger partial charge in [0.05, 0.1) is 13.7 Å². The molecule has 3 N–H and O–H groups in total. The zero-order chi connectivity index (χ0) is 54.1. The lowest BCUT2D eigenvalue weighted by Gasteiger charge is -2.44. The third kappa shape index (κ3) is 13.2. The summed E-state index contributed by atoms with van der Waals surface area (Å²) in [6, 6.07) is 10.9. The molecule has 0 fully saturated rings. The molecule has 27 heteroatoms. The number of amides is 2. The summed E-state index contributed by atoms with van der Waals surface area (Å²) >= 11 is 0. The van der Waals surface area contributed by atoms with Crippen molar-refractivity contribution in [1.29, 1.82) is 0 Å². The molecule has 0 unspecified atom stereocenters. The Morgan fingerprint density at radius 3 is 1.64 bits per heavy atom. The number of benzene rings is 2. The minimum atomic E-state index is -8.71. The molecule has 2 atom stereocenters. The van der Waals surface area contributed by atoms with Crippen molar-refractivity contribution >= 4 is 26.0 Å². The molecule has 0 radical (unpaired) electrons. The number of rotatable bonds is 26. The highest BCUT2D eigenvalue weighted by molar-refractivity contribution is 6.76. The van der Waals surface area contributed by atoms with Gasteiger partial charge in [0.25, 0.3) is 5.91 Å². The first-order valence-corrected chi connectivity index (χ1v) is 23.1. The molecule has 2 rings (SSSR count). The molecule has 70 heavy (non-hydrogen) atoms. The van der Waals surface area contributed by atoms with Gasteiger partial charge in [-0.25, -0.2) is 10.3 Å². The van der Waals surface area contributed by atoms with Gasteiger partial charge in [0, 0.05) is 18.2 Å². The number of ether oxygens (including phenoxy) is 3. The number of methoxy groups -OCH3 is 1. The number of allylic oxidation sites excluding steroid dienone is 3. The van der Waals surface area contributed by atoms with Crippen molar-refractivity contribution in [3.05, 3.63) is 77.9 Å². The van der Waals surface area contributed by atoms with Gasteiger partial charge in [-0.1, -0.05) is 58.9 Å². The highest BCUT2D eigenvalue weighted by Gasteiger charge is 2.95. The average Bonchev–Trinajstić information content (AvgIpc) is 3.26. The Hall–Kier alpha value is -4.79. The van der Waals surface area contributed by atoms with Gasteiger partial charge in [0.15, 0.2) is 8.32 Å². The van der Waals surface area contributed by atoms with Crippen LogP contribution in [0.3, 0.4) is 0 Å². The van der Waals surface area contributed by atoms with E-state index in [9.17, 15) is 75.4 Å². The Labute approximate surface area is 391 Å². The minimum Gasteiger partial charge on any atom is -0.497 e. The van der Waals surface area contributed by atoms with Gasteiger partial charge in [-0.3, -0.25) is 15.3 Å². The SMILES string of the molecule is COc1ccc(NC(=O)O[C@H](c2ccc(OCCO[Si](CCC(F)(F)C(F)(F)C(F)(F)C(F)(F)C(F)(F)C(F)(F)C(F)(F)C(F)(F)F)(C(C)C)C(C)C)cc2)[C@@H](C)CC/C=C/C(C)=C/C(=O)NO)cc1. The molecule has 2 aromatic rings. The first-order valence-electron chi connectivity index (χ1n) is 20.8. The lowest BCUT2D eigenvalue weighted by molar-refractivity contribution is -0.461. The van der Waals surface area contributed by atoms with Crippen LogP contribution in [0.2, 0.25) is 17.1 Å².